The van der Waals surface area contributed by atoms with Crippen LogP contribution in [0.15, 0.2) is 12.4 Å². The van der Waals surface area contributed by atoms with Gasteiger partial charge in [-0.2, -0.15) is 0 Å². The van der Waals surface area contributed by atoms with Crippen molar-refractivity contribution in [3.63, 3.8) is 0 Å². The smallest absolute Gasteiger partial charge is 0.289 e. The van der Waals surface area contributed by atoms with Gasteiger partial charge in [-0.1, -0.05) is 0 Å². The molecule has 0 N–H and O–H groups in total. The summed E-state index contributed by atoms with van der Waals surface area (Å²) in [6.07, 6.45) is 6.53. The number of carbonyl (C=O) groups is 1. The van der Waals surface area contributed by atoms with Gasteiger partial charge in [-0.15, -0.1) is 0 Å². The molecule has 2 saturated heterocycles. The molecular weight excluding hydrogens is 320 g/mol. The van der Waals surface area contributed by atoms with Crippen molar-refractivity contribution in [2.75, 3.05) is 53.6 Å². The van der Waals surface area contributed by atoms with Gasteiger partial charge in [-0.05, 0) is 32.2 Å². The minimum Gasteiger partial charge on any atom is -0.383 e. The lowest BCUT2D eigenvalue weighted by atomic mass is 9.86. The molecule has 7 nitrogen and oxygen atoms in total. The zero-order valence-electron chi connectivity index (χ0n) is 15.6. The summed E-state index contributed by atoms with van der Waals surface area (Å²) in [6, 6.07) is 0. The lowest BCUT2D eigenvalue weighted by molar-refractivity contribution is -0.0453. The van der Waals surface area contributed by atoms with Crippen LogP contribution >= 0.6 is 0 Å². The summed E-state index contributed by atoms with van der Waals surface area (Å²) in [6.45, 7) is 4.94. The SMILES string of the molecule is COCCN(C)C[C@@H]1CO[C@]2(CCCN(C(=O)c3nccn3C)C2)C1. The van der Waals surface area contributed by atoms with Gasteiger partial charge in [0.05, 0.1) is 25.4 Å². The van der Waals surface area contributed by atoms with Gasteiger partial charge < -0.3 is 23.8 Å². The molecule has 0 radical (unpaired) electrons. The van der Waals surface area contributed by atoms with Crippen molar-refractivity contribution >= 4 is 5.91 Å². The molecule has 1 amide bonds. The van der Waals surface area contributed by atoms with Crippen LogP contribution in [0.2, 0.25) is 0 Å². The van der Waals surface area contributed by atoms with E-state index in [1.807, 2.05) is 18.1 Å². The number of imidazole rings is 1. The van der Waals surface area contributed by atoms with Crippen molar-refractivity contribution in [3.8, 4) is 0 Å². The minimum absolute atomic E-state index is 0.0100. The molecule has 1 aromatic heterocycles. The number of nitrogens with zero attached hydrogens (tertiary/aromatic N) is 4. The highest BCUT2D eigenvalue weighted by Gasteiger charge is 2.45. The third-order valence-electron chi connectivity index (χ3n) is 5.37. The lowest BCUT2D eigenvalue weighted by Crippen LogP contribution is -2.50. The summed E-state index contributed by atoms with van der Waals surface area (Å²) in [5.41, 5.74) is -0.175. The Morgan fingerprint density at radius 1 is 1.56 bits per heavy atom. The molecule has 25 heavy (non-hydrogen) atoms. The fourth-order valence-corrected chi connectivity index (χ4v) is 4.10. The Balaban J connectivity index is 1.58. The van der Waals surface area contributed by atoms with E-state index in [0.717, 1.165) is 52.1 Å². The van der Waals surface area contributed by atoms with Gasteiger partial charge in [0, 0.05) is 46.2 Å². The highest BCUT2D eigenvalue weighted by atomic mass is 16.5. The summed E-state index contributed by atoms with van der Waals surface area (Å²) < 4.78 is 13.2. The van der Waals surface area contributed by atoms with E-state index in [0.29, 0.717) is 18.3 Å². The molecule has 2 aliphatic heterocycles. The third kappa shape index (κ3) is 4.22. The Morgan fingerprint density at radius 2 is 2.40 bits per heavy atom. The van der Waals surface area contributed by atoms with Crippen LogP contribution in [0.5, 0.6) is 0 Å². The Labute approximate surface area is 149 Å². The van der Waals surface area contributed by atoms with Crippen LogP contribution in [-0.4, -0.2) is 84.4 Å². The number of rotatable bonds is 6. The first-order valence-corrected chi connectivity index (χ1v) is 9.11. The number of hydrogen-bond acceptors (Lipinski definition) is 5. The van der Waals surface area contributed by atoms with Crippen molar-refractivity contribution in [1.29, 1.82) is 0 Å². The Morgan fingerprint density at radius 3 is 3.12 bits per heavy atom. The van der Waals surface area contributed by atoms with Crippen molar-refractivity contribution in [2.24, 2.45) is 13.0 Å². The zero-order valence-corrected chi connectivity index (χ0v) is 15.6. The highest BCUT2D eigenvalue weighted by molar-refractivity contribution is 5.91. The molecule has 2 fully saturated rings. The second kappa shape index (κ2) is 7.85. The van der Waals surface area contributed by atoms with Gasteiger partial charge in [0.1, 0.15) is 0 Å². The summed E-state index contributed by atoms with van der Waals surface area (Å²) in [5.74, 6) is 1.03. The van der Waals surface area contributed by atoms with Crippen LogP contribution in [0.1, 0.15) is 29.9 Å². The maximum absolute atomic E-state index is 12.8. The van der Waals surface area contributed by atoms with Crippen molar-refractivity contribution in [2.45, 2.75) is 24.9 Å². The fourth-order valence-electron chi connectivity index (χ4n) is 4.10. The largest absolute Gasteiger partial charge is 0.383 e. The number of hydrogen-bond donors (Lipinski definition) is 0. The van der Waals surface area contributed by atoms with Crippen molar-refractivity contribution in [1.82, 2.24) is 19.4 Å². The highest BCUT2D eigenvalue weighted by Crippen LogP contribution is 2.38. The quantitative estimate of drug-likeness (QED) is 0.766. The topological polar surface area (TPSA) is 59.8 Å². The van der Waals surface area contributed by atoms with Crippen LogP contribution in [0, 0.1) is 5.92 Å². The van der Waals surface area contributed by atoms with Gasteiger partial charge in [0.25, 0.3) is 5.91 Å². The van der Waals surface area contributed by atoms with Gasteiger partial charge >= 0.3 is 0 Å². The molecule has 2 atom stereocenters. The monoisotopic (exact) mass is 350 g/mol. The van der Waals surface area contributed by atoms with Crippen molar-refractivity contribution in [3.05, 3.63) is 18.2 Å². The molecule has 7 heteroatoms. The predicted molar refractivity (Wildman–Crippen MR) is 94.5 cm³/mol. The minimum atomic E-state index is -0.175. The first kappa shape index (κ1) is 18.4. The number of ether oxygens (including phenoxy) is 2. The van der Waals surface area contributed by atoms with Crippen LogP contribution in [0.3, 0.4) is 0 Å². The molecule has 3 heterocycles. The van der Waals surface area contributed by atoms with Gasteiger partial charge in [0.2, 0.25) is 0 Å². The molecule has 0 aromatic carbocycles. The number of aromatic nitrogens is 2. The molecule has 0 saturated carbocycles. The molecule has 2 aliphatic rings. The van der Waals surface area contributed by atoms with E-state index in [1.165, 1.54) is 0 Å². The number of amides is 1. The predicted octanol–water partition coefficient (Wildman–Crippen LogP) is 1.01. The van der Waals surface area contributed by atoms with E-state index in [9.17, 15) is 4.79 Å². The van der Waals surface area contributed by atoms with E-state index in [-0.39, 0.29) is 11.5 Å². The summed E-state index contributed by atoms with van der Waals surface area (Å²) >= 11 is 0. The molecule has 1 spiro atoms. The van der Waals surface area contributed by atoms with Gasteiger partial charge in [-0.3, -0.25) is 4.79 Å². The number of aryl methyl sites for hydroxylation is 1. The average Bonchev–Trinajstić information content (AvgIpc) is 3.19. The second-order valence-corrected chi connectivity index (χ2v) is 7.51. The zero-order chi connectivity index (χ0) is 17.9. The number of piperidine rings is 1. The number of likely N-dealkylation sites (N-methyl/N-ethyl adjacent to an activating group) is 1. The van der Waals surface area contributed by atoms with Crippen LogP contribution in [0.4, 0.5) is 0 Å². The van der Waals surface area contributed by atoms with Gasteiger partial charge in [-0.25, -0.2) is 4.98 Å². The Hall–Kier alpha value is -1.44. The van der Waals surface area contributed by atoms with E-state index < -0.39 is 0 Å². The number of carbonyl (C=O) groups excluding carboxylic acids is 1. The summed E-state index contributed by atoms with van der Waals surface area (Å²) in [5, 5.41) is 0. The third-order valence-corrected chi connectivity index (χ3v) is 5.37. The number of methoxy groups -OCH3 is 1. The normalized spacial score (nSPS) is 26.7. The van der Waals surface area contributed by atoms with E-state index in [1.54, 1.807) is 17.9 Å². The summed E-state index contributed by atoms with van der Waals surface area (Å²) in [4.78, 5) is 21.2. The summed E-state index contributed by atoms with van der Waals surface area (Å²) in [7, 11) is 5.72. The van der Waals surface area contributed by atoms with Crippen LogP contribution < -0.4 is 0 Å². The Kier molecular flexibility index (Phi) is 5.76. The van der Waals surface area contributed by atoms with E-state index in [2.05, 4.69) is 16.9 Å². The standard InChI is InChI=1S/C18H30N4O3/c1-20(9-10-24-3)12-15-11-18(25-13-15)5-4-7-22(14-18)17(23)16-19-6-8-21(16)2/h6,8,15H,4-5,7,9-14H2,1-3H3/t15-,18-/m1/s1. The molecule has 140 valence electrons. The second-order valence-electron chi connectivity index (χ2n) is 7.51. The first-order chi connectivity index (χ1) is 12.0. The molecular formula is C18H30N4O3. The maximum atomic E-state index is 12.8. The van der Waals surface area contributed by atoms with E-state index in [4.69, 9.17) is 9.47 Å². The van der Waals surface area contributed by atoms with Crippen molar-refractivity contribution < 1.29 is 14.3 Å². The molecule has 0 unspecified atom stereocenters. The fraction of sp³-hybridized carbons (Fsp3) is 0.778. The average molecular weight is 350 g/mol. The molecule has 0 bridgehead atoms. The maximum Gasteiger partial charge on any atom is 0.289 e. The lowest BCUT2D eigenvalue weighted by Gasteiger charge is -2.39. The van der Waals surface area contributed by atoms with Crippen LogP contribution in [-0.2, 0) is 16.5 Å². The molecule has 0 aliphatic carbocycles. The first-order valence-electron chi connectivity index (χ1n) is 9.11. The molecule has 3 rings (SSSR count). The van der Waals surface area contributed by atoms with E-state index >= 15 is 0 Å². The number of likely N-dealkylation sites (tertiary alicyclic amines) is 1. The Bertz CT molecular complexity index is 591. The van der Waals surface area contributed by atoms with Gasteiger partial charge in [0.15, 0.2) is 5.82 Å². The van der Waals surface area contributed by atoms with Crippen LogP contribution in [0.25, 0.3) is 0 Å². The molecule has 1 aromatic rings.